The van der Waals surface area contributed by atoms with Crippen molar-refractivity contribution in [3.8, 4) is 11.1 Å². The molecule has 0 saturated heterocycles. The Labute approximate surface area is 175 Å². The lowest BCUT2D eigenvalue weighted by Gasteiger charge is -2.25. The highest BCUT2D eigenvalue weighted by Crippen LogP contribution is 2.45. The van der Waals surface area contributed by atoms with Crippen LogP contribution in [0.25, 0.3) is 11.1 Å². The summed E-state index contributed by atoms with van der Waals surface area (Å²) in [7, 11) is 0. The van der Waals surface area contributed by atoms with E-state index in [1.807, 2.05) is 18.2 Å². The summed E-state index contributed by atoms with van der Waals surface area (Å²) in [6.45, 7) is 0.867. The highest BCUT2D eigenvalue weighted by Gasteiger charge is 2.39. The number of aromatic nitrogens is 1. The lowest BCUT2D eigenvalue weighted by molar-refractivity contribution is 0.0695. The van der Waals surface area contributed by atoms with Gasteiger partial charge < -0.3 is 5.11 Å². The van der Waals surface area contributed by atoms with Crippen LogP contribution in [-0.4, -0.2) is 27.0 Å². The molecule has 3 aromatic rings. The van der Waals surface area contributed by atoms with Crippen molar-refractivity contribution in [2.75, 3.05) is 0 Å². The first-order valence-corrected chi connectivity index (χ1v) is 10.4. The van der Waals surface area contributed by atoms with Crippen LogP contribution >= 0.6 is 0 Å². The maximum atomic E-state index is 14.3. The molecular weight excluding hydrogens is 379 g/mol. The van der Waals surface area contributed by atoms with Crippen LogP contribution < -0.4 is 0 Å². The van der Waals surface area contributed by atoms with Crippen molar-refractivity contribution in [1.29, 1.82) is 0 Å². The standard InChI is InChI=1S/C25H23FN2O2/c26-23-4-2-1-3-20(23)16-5-9-21-18(13-16)15-28(19-7-8-19)24(21)10-6-17-14-27-12-11-22(17)25(29)30/h1-5,9,11-14,19,24H,6-8,10,15H2,(H,29,30)/t24-/m1/s1. The third kappa shape index (κ3) is 3.50. The van der Waals surface area contributed by atoms with Crippen LogP contribution in [0.3, 0.4) is 0 Å². The Kier molecular flexibility index (Phi) is 4.83. The molecule has 2 aliphatic rings. The van der Waals surface area contributed by atoms with Crippen LogP contribution in [0.1, 0.15) is 52.4 Å². The van der Waals surface area contributed by atoms with Gasteiger partial charge in [0.2, 0.25) is 0 Å². The molecule has 0 unspecified atom stereocenters. The number of halogens is 1. The average molecular weight is 402 g/mol. The highest BCUT2D eigenvalue weighted by molar-refractivity contribution is 5.89. The predicted molar refractivity (Wildman–Crippen MR) is 113 cm³/mol. The van der Waals surface area contributed by atoms with Gasteiger partial charge in [-0.3, -0.25) is 9.88 Å². The summed E-state index contributed by atoms with van der Waals surface area (Å²) in [4.78, 5) is 18.2. The summed E-state index contributed by atoms with van der Waals surface area (Å²) in [6, 6.07) is 15.6. The average Bonchev–Trinajstić information content (AvgIpc) is 3.54. The van der Waals surface area contributed by atoms with Gasteiger partial charge in [0, 0.05) is 36.6 Å². The summed E-state index contributed by atoms with van der Waals surface area (Å²) in [5.74, 6) is -1.11. The number of rotatable bonds is 6. The zero-order valence-electron chi connectivity index (χ0n) is 16.6. The third-order valence-electron chi connectivity index (χ3n) is 6.28. The molecule has 1 atom stereocenters. The van der Waals surface area contributed by atoms with E-state index in [1.54, 1.807) is 18.3 Å². The Morgan fingerprint density at radius 1 is 1.17 bits per heavy atom. The minimum absolute atomic E-state index is 0.205. The second kappa shape index (κ2) is 7.65. The molecular formula is C25H23FN2O2. The van der Waals surface area contributed by atoms with Crippen molar-refractivity contribution in [3.63, 3.8) is 0 Å². The number of nitrogens with zero attached hydrogens (tertiary/aromatic N) is 2. The Balaban J connectivity index is 1.43. The molecule has 2 heterocycles. The number of carboxylic acid groups (broad SMARTS) is 1. The molecule has 0 bridgehead atoms. The molecule has 1 N–H and O–H groups in total. The molecule has 0 amide bonds. The minimum atomic E-state index is -0.909. The Morgan fingerprint density at radius 3 is 2.77 bits per heavy atom. The number of fused-ring (bicyclic) bond motifs is 1. The van der Waals surface area contributed by atoms with E-state index < -0.39 is 5.97 Å². The molecule has 1 aliphatic carbocycles. The largest absolute Gasteiger partial charge is 0.478 e. The second-order valence-corrected chi connectivity index (χ2v) is 8.19. The summed E-state index contributed by atoms with van der Waals surface area (Å²) in [6.07, 6.45) is 7.11. The number of aromatic carboxylic acids is 1. The number of carbonyl (C=O) groups is 1. The number of aryl methyl sites for hydroxylation is 1. The fourth-order valence-electron chi connectivity index (χ4n) is 4.65. The maximum Gasteiger partial charge on any atom is 0.336 e. The molecule has 1 aliphatic heterocycles. The fourth-order valence-corrected chi connectivity index (χ4v) is 4.65. The van der Waals surface area contributed by atoms with Gasteiger partial charge in [0.05, 0.1) is 5.56 Å². The summed E-state index contributed by atoms with van der Waals surface area (Å²) >= 11 is 0. The van der Waals surface area contributed by atoms with E-state index in [1.165, 1.54) is 36.2 Å². The molecule has 1 aromatic heterocycles. The molecule has 5 rings (SSSR count). The van der Waals surface area contributed by atoms with Crippen LogP contribution in [0.5, 0.6) is 0 Å². The van der Waals surface area contributed by atoms with E-state index in [0.717, 1.165) is 24.1 Å². The second-order valence-electron chi connectivity index (χ2n) is 8.19. The van der Waals surface area contributed by atoms with Crippen molar-refractivity contribution in [2.45, 2.75) is 44.3 Å². The minimum Gasteiger partial charge on any atom is -0.478 e. The summed E-state index contributed by atoms with van der Waals surface area (Å²) < 4.78 is 14.3. The van der Waals surface area contributed by atoms with E-state index in [-0.39, 0.29) is 11.9 Å². The third-order valence-corrected chi connectivity index (χ3v) is 6.28. The van der Waals surface area contributed by atoms with E-state index in [0.29, 0.717) is 23.6 Å². The van der Waals surface area contributed by atoms with Crippen LogP contribution in [0, 0.1) is 5.82 Å². The number of hydrogen-bond acceptors (Lipinski definition) is 3. The lowest BCUT2D eigenvalue weighted by atomic mass is 9.94. The predicted octanol–water partition coefficient (Wildman–Crippen LogP) is 5.24. The van der Waals surface area contributed by atoms with Gasteiger partial charge in [-0.15, -0.1) is 0 Å². The van der Waals surface area contributed by atoms with E-state index in [9.17, 15) is 14.3 Å². The quantitative estimate of drug-likeness (QED) is 0.613. The van der Waals surface area contributed by atoms with E-state index in [4.69, 9.17) is 0 Å². The Bertz CT molecular complexity index is 1110. The zero-order chi connectivity index (χ0) is 20.7. The highest BCUT2D eigenvalue weighted by atomic mass is 19.1. The molecule has 1 fully saturated rings. The number of hydrogen-bond donors (Lipinski definition) is 1. The normalized spacial score (nSPS) is 18.4. The molecule has 1 saturated carbocycles. The lowest BCUT2D eigenvalue weighted by Crippen LogP contribution is -2.25. The molecule has 2 aromatic carbocycles. The summed E-state index contributed by atoms with van der Waals surface area (Å²) in [5, 5.41) is 9.46. The molecule has 5 heteroatoms. The van der Waals surface area contributed by atoms with Gasteiger partial charge >= 0.3 is 5.97 Å². The first-order chi connectivity index (χ1) is 14.6. The van der Waals surface area contributed by atoms with Gasteiger partial charge in [0.1, 0.15) is 5.82 Å². The Hall–Kier alpha value is -3.05. The van der Waals surface area contributed by atoms with E-state index >= 15 is 0 Å². The van der Waals surface area contributed by atoms with Gasteiger partial charge in [-0.25, -0.2) is 9.18 Å². The van der Waals surface area contributed by atoms with Gasteiger partial charge in [0.15, 0.2) is 0 Å². The zero-order valence-corrected chi connectivity index (χ0v) is 16.6. The molecule has 0 radical (unpaired) electrons. The molecule has 152 valence electrons. The number of carboxylic acids is 1. The monoisotopic (exact) mass is 402 g/mol. The van der Waals surface area contributed by atoms with Crippen molar-refractivity contribution in [2.24, 2.45) is 0 Å². The van der Waals surface area contributed by atoms with Gasteiger partial charge in [-0.05, 0) is 66.1 Å². The van der Waals surface area contributed by atoms with Crippen molar-refractivity contribution < 1.29 is 14.3 Å². The smallest absolute Gasteiger partial charge is 0.336 e. The van der Waals surface area contributed by atoms with Crippen molar-refractivity contribution >= 4 is 5.97 Å². The van der Waals surface area contributed by atoms with Gasteiger partial charge in [-0.1, -0.05) is 30.3 Å². The first-order valence-electron chi connectivity index (χ1n) is 10.4. The Morgan fingerprint density at radius 2 is 2.00 bits per heavy atom. The SMILES string of the molecule is O=C(O)c1ccncc1CC[C@@H]1c2ccc(-c3ccccc3F)cc2CN1C1CC1. The molecule has 0 spiro atoms. The molecule has 4 nitrogen and oxygen atoms in total. The van der Waals surface area contributed by atoms with E-state index in [2.05, 4.69) is 22.0 Å². The van der Waals surface area contributed by atoms with Crippen LogP contribution in [0.2, 0.25) is 0 Å². The first kappa shape index (κ1) is 18.9. The number of benzene rings is 2. The number of pyridine rings is 1. The van der Waals surface area contributed by atoms with Crippen molar-refractivity contribution in [1.82, 2.24) is 9.88 Å². The summed E-state index contributed by atoms with van der Waals surface area (Å²) in [5.41, 5.74) is 5.17. The van der Waals surface area contributed by atoms with Gasteiger partial charge in [-0.2, -0.15) is 0 Å². The van der Waals surface area contributed by atoms with Crippen LogP contribution in [0.15, 0.2) is 60.9 Å². The van der Waals surface area contributed by atoms with Crippen LogP contribution in [-0.2, 0) is 13.0 Å². The fraction of sp³-hybridized carbons (Fsp3) is 0.280. The maximum absolute atomic E-state index is 14.3. The molecule has 30 heavy (non-hydrogen) atoms. The van der Waals surface area contributed by atoms with Crippen molar-refractivity contribution in [3.05, 3.63) is 89.0 Å². The van der Waals surface area contributed by atoms with Crippen LogP contribution in [0.4, 0.5) is 4.39 Å². The van der Waals surface area contributed by atoms with Gasteiger partial charge in [0.25, 0.3) is 0 Å². The topological polar surface area (TPSA) is 53.4 Å².